The van der Waals surface area contributed by atoms with Gasteiger partial charge in [-0.05, 0) is 60.9 Å². The highest BCUT2D eigenvalue weighted by Gasteiger charge is 2.24. The molecular weight excluding hydrogens is 336 g/mol. The highest BCUT2D eigenvalue weighted by molar-refractivity contribution is 5.97. The van der Waals surface area contributed by atoms with Gasteiger partial charge in [-0.1, -0.05) is 30.3 Å². The van der Waals surface area contributed by atoms with E-state index in [-0.39, 0.29) is 11.7 Å². The van der Waals surface area contributed by atoms with Gasteiger partial charge in [0, 0.05) is 32.7 Å². The van der Waals surface area contributed by atoms with Gasteiger partial charge >= 0.3 is 0 Å². The van der Waals surface area contributed by atoms with Crippen molar-refractivity contribution in [3.8, 4) is 5.75 Å². The smallest absolute Gasteiger partial charge is 0.257 e. The molecular formula is C23H28N2O2. The van der Waals surface area contributed by atoms with E-state index in [1.807, 2.05) is 23.1 Å². The van der Waals surface area contributed by atoms with Crippen molar-refractivity contribution in [1.29, 1.82) is 0 Å². The third-order valence-corrected chi connectivity index (χ3v) is 5.82. The van der Waals surface area contributed by atoms with Crippen LogP contribution in [0, 0.1) is 0 Å². The third-order valence-electron chi connectivity index (χ3n) is 5.82. The van der Waals surface area contributed by atoms with Crippen LogP contribution in [0.2, 0.25) is 0 Å². The molecule has 1 aliphatic carbocycles. The van der Waals surface area contributed by atoms with Crippen molar-refractivity contribution in [3.05, 3.63) is 64.7 Å². The Hall–Kier alpha value is -2.33. The largest absolute Gasteiger partial charge is 0.507 e. The summed E-state index contributed by atoms with van der Waals surface area (Å²) in [5.41, 5.74) is 4.24. The first-order chi connectivity index (χ1) is 13.2. The number of carbonyl (C=O) groups excluding carboxylic acids is 1. The SMILES string of the molecule is O=C(c1cc2c(cc1O)CCCC2)N1CCCN(Cc2ccccc2)CC1. The molecule has 1 heterocycles. The van der Waals surface area contributed by atoms with Gasteiger partial charge in [0.15, 0.2) is 0 Å². The van der Waals surface area contributed by atoms with E-state index in [4.69, 9.17) is 0 Å². The van der Waals surface area contributed by atoms with Gasteiger partial charge in [-0.2, -0.15) is 0 Å². The average Bonchev–Trinajstić information content (AvgIpc) is 2.93. The van der Waals surface area contributed by atoms with Crippen molar-refractivity contribution in [2.75, 3.05) is 26.2 Å². The van der Waals surface area contributed by atoms with E-state index in [1.165, 1.54) is 29.5 Å². The van der Waals surface area contributed by atoms with Crippen LogP contribution in [-0.4, -0.2) is 47.0 Å². The normalized spacial score (nSPS) is 18.0. The molecule has 142 valence electrons. The molecule has 4 heteroatoms. The molecule has 2 aliphatic rings. The van der Waals surface area contributed by atoms with Crippen molar-refractivity contribution in [2.45, 2.75) is 38.6 Å². The van der Waals surface area contributed by atoms with Crippen molar-refractivity contribution >= 4 is 5.91 Å². The van der Waals surface area contributed by atoms with Gasteiger partial charge in [0.2, 0.25) is 0 Å². The summed E-state index contributed by atoms with van der Waals surface area (Å²) < 4.78 is 0. The first-order valence-corrected chi connectivity index (χ1v) is 10.1. The number of hydrogen-bond acceptors (Lipinski definition) is 3. The molecule has 0 spiro atoms. The maximum absolute atomic E-state index is 13.1. The molecule has 27 heavy (non-hydrogen) atoms. The molecule has 1 fully saturated rings. The van der Waals surface area contributed by atoms with Gasteiger partial charge in [0.05, 0.1) is 5.56 Å². The molecule has 0 radical (unpaired) electrons. The van der Waals surface area contributed by atoms with Crippen LogP contribution in [0.5, 0.6) is 5.75 Å². The molecule has 2 aromatic carbocycles. The first-order valence-electron chi connectivity index (χ1n) is 10.1. The molecule has 4 nitrogen and oxygen atoms in total. The van der Waals surface area contributed by atoms with Crippen LogP contribution in [0.4, 0.5) is 0 Å². The number of carbonyl (C=O) groups is 1. The van der Waals surface area contributed by atoms with E-state index in [0.717, 1.165) is 45.4 Å². The number of hydrogen-bond donors (Lipinski definition) is 1. The minimum atomic E-state index is -0.0255. The Bertz CT molecular complexity index is 804. The lowest BCUT2D eigenvalue weighted by molar-refractivity contribution is 0.0758. The maximum Gasteiger partial charge on any atom is 0.257 e. The maximum atomic E-state index is 13.1. The number of aromatic hydroxyl groups is 1. The lowest BCUT2D eigenvalue weighted by Gasteiger charge is -2.24. The zero-order valence-electron chi connectivity index (χ0n) is 15.9. The molecule has 1 amide bonds. The molecule has 0 saturated carbocycles. The predicted octanol–water partition coefficient (Wildman–Crippen LogP) is 3.62. The van der Waals surface area contributed by atoms with Crippen LogP contribution in [0.1, 0.15) is 46.3 Å². The second-order valence-electron chi connectivity index (χ2n) is 7.75. The van der Waals surface area contributed by atoms with E-state index in [0.29, 0.717) is 12.1 Å². The predicted molar refractivity (Wildman–Crippen MR) is 107 cm³/mol. The van der Waals surface area contributed by atoms with Crippen LogP contribution in [0.3, 0.4) is 0 Å². The second kappa shape index (κ2) is 8.13. The van der Waals surface area contributed by atoms with E-state index in [9.17, 15) is 9.90 Å². The number of phenolic OH excluding ortho intramolecular Hbond substituents is 1. The summed E-state index contributed by atoms with van der Waals surface area (Å²) in [6, 6.07) is 14.2. The molecule has 0 aromatic heterocycles. The number of benzene rings is 2. The highest BCUT2D eigenvalue weighted by atomic mass is 16.3. The van der Waals surface area contributed by atoms with Gasteiger partial charge in [-0.3, -0.25) is 9.69 Å². The number of rotatable bonds is 3. The van der Waals surface area contributed by atoms with Gasteiger partial charge in [0.1, 0.15) is 5.75 Å². The molecule has 2 aromatic rings. The van der Waals surface area contributed by atoms with Gasteiger partial charge < -0.3 is 10.0 Å². The Morgan fingerprint density at radius 3 is 2.41 bits per heavy atom. The fourth-order valence-electron chi connectivity index (χ4n) is 4.29. The van der Waals surface area contributed by atoms with Crippen LogP contribution in [-0.2, 0) is 19.4 Å². The van der Waals surface area contributed by atoms with Crippen LogP contribution in [0.15, 0.2) is 42.5 Å². The highest BCUT2D eigenvalue weighted by Crippen LogP contribution is 2.29. The third kappa shape index (κ3) is 4.16. The Morgan fingerprint density at radius 1 is 0.889 bits per heavy atom. The molecule has 4 rings (SSSR count). The standard InChI is InChI=1S/C23H28N2O2/c26-22-16-20-10-5-4-9-19(20)15-21(22)23(27)25-12-6-11-24(13-14-25)17-18-7-2-1-3-8-18/h1-3,7-8,15-16,26H,4-6,9-14,17H2. The van der Waals surface area contributed by atoms with Crippen molar-refractivity contribution in [3.63, 3.8) is 0 Å². The first kappa shape index (κ1) is 18.1. The van der Waals surface area contributed by atoms with E-state index in [1.54, 1.807) is 0 Å². The van der Waals surface area contributed by atoms with Gasteiger partial charge in [-0.25, -0.2) is 0 Å². The Labute approximate surface area is 161 Å². The molecule has 1 N–H and O–H groups in total. The average molecular weight is 364 g/mol. The zero-order chi connectivity index (χ0) is 18.6. The number of aryl methyl sites for hydroxylation is 2. The minimum Gasteiger partial charge on any atom is -0.507 e. The monoisotopic (exact) mass is 364 g/mol. The van der Waals surface area contributed by atoms with Gasteiger partial charge in [-0.15, -0.1) is 0 Å². The van der Waals surface area contributed by atoms with E-state index in [2.05, 4.69) is 29.2 Å². The summed E-state index contributed by atoms with van der Waals surface area (Å²) in [5, 5.41) is 10.4. The molecule has 1 aliphatic heterocycles. The fourth-order valence-corrected chi connectivity index (χ4v) is 4.29. The van der Waals surface area contributed by atoms with Crippen molar-refractivity contribution in [2.24, 2.45) is 0 Å². The lowest BCUT2D eigenvalue weighted by atomic mass is 9.89. The summed E-state index contributed by atoms with van der Waals surface area (Å²) >= 11 is 0. The number of amides is 1. The molecule has 0 bridgehead atoms. The second-order valence-corrected chi connectivity index (χ2v) is 7.75. The summed E-state index contributed by atoms with van der Waals surface area (Å²) in [4.78, 5) is 17.4. The Kier molecular flexibility index (Phi) is 5.44. The number of phenols is 1. The summed E-state index contributed by atoms with van der Waals surface area (Å²) in [6.07, 6.45) is 5.33. The lowest BCUT2D eigenvalue weighted by Crippen LogP contribution is -2.35. The topological polar surface area (TPSA) is 43.8 Å². The zero-order valence-corrected chi connectivity index (χ0v) is 15.9. The van der Waals surface area contributed by atoms with E-state index < -0.39 is 0 Å². The number of nitrogens with zero attached hydrogens (tertiary/aromatic N) is 2. The van der Waals surface area contributed by atoms with Crippen molar-refractivity contribution < 1.29 is 9.90 Å². The summed E-state index contributed by atoms with van der Waals surface area (Å²) in [7, 11) is 0. The summed E-state index contributed by atoms with van der Waals surface area (Å²) in [6.45, 7) is 4.25. The van der Waals surface area contributed by atoms with Gasteiger partial charge in [0.25, 0.3) is 5.91 Å². The molecule has 1 saturated heterocycles. The van der Waals surface area contributed by atoms with Crippen LogP contribution >= 0.6 is 0 Å². The quantitative estimate of drug-likeness (QED) is 0.905. The Balaban J connectivity index is 1.44. The fraction of sp³-hybridized carbons (Fsp3) is 0.435. The Morgan fingerprint density at radius 2 is 1.63 bits per heavy atom. The van der Waals surface area contributed by atoms with Crippen LogP contribution in [0.25, 0.3) is 0 Å². The minimum absolute atomic E-state index is 0.0255. The van der Waals surface area contributed by atoms with E-state index >= 15 is 0 Å². The summed E-state index contributed by atoms with van der Waals surface area (Å²) in [5.74, 6) is 0.119. The van der Waals surface area contributed by atoms with Crippen LogP contribution < -0.4 is 0 Å². The molecule has 0 unspecified atom stereocenters. The molecule has 0 atom stereocenters. The van der Waals surface area contributed by atoms with Crippen molar-refractivity contribution in [1.82, 2.24) is 9.80 Å². The number of fused-ring (bicyclic) bond motifs is 1.